The van der Waals surface area contributed by atoms with Crippen molar-refractivity contribution in [1.29, 1.82) is 0 Å². The van der Waals surface area contributed by atoms with E-state index in [9.17, 15) is 8.42 Å². The number of hydrogen-bond donors (Lipinski definition) is 2. The number of aromatic amines is 1. The van der Waals surface area contributed by atoms with Gasteiger partial charge in [0.25, 0.3) is 0 Å². The van der Waals surface area contributed by atoms with E-state index in [1.165, 1.54) is 6.33 Å². The summed E-state index contributed by atoms with van der Waals surface area (Å²) in [5, 5.41) is 4.41. The van der Waals surface area contributed by atoms with Gasteiger partial charge in [-0.3, -0.25) is 0 Å². The monoisotopic (exact) mass is 370 g/mol. The molecule has 1 atom stereocenters. The lowest BCUT2D eigenvalue weighted by Gasteiger charge is -2.26. The number of anilines is 1. The van der Waals surface area contributed by atoms with Gasteiger partial charge in [0.05, 0.1) is 22.1 Å². The van der Waals surface area contributed by atoms with Gasteiger partial charge in [-0.25, -0.2) is 18.4 Å². The first-order chi connectivity index (χ1) is 12.5. The number of aryl methyl sites for hydroxylation is 1. The molecule has 0 spiro atoms. The third-order valence-electron chi connectivity index (χ3n) is 4.96. The molecule has 1 aliphatic rings. The molecule has 136 valence electrons. The van der Waals surface area contributed by atoms with Crippen molar-refractivity contribution in [3.05, 3.63) is 47.9 Å². The number of benzene rings is 1. The topological polar surface area (TPSA) is 87.7 Å². The number of nitrogens with one attached hydrogen (secondary N) is 2. The standard InChI is InChI=1S/C19H22N4O2S/c1-12(2)17(23-19-15-7-8-20-18(15)21-11-22-19)14-6-5-13-4-3-9-26(24,25)16(13)10-14/h5-8,10-12,17H,3-4,9H2,1-2H3,(H2,20,21,22,23)/t17-/m1/s1. The highest BCUT2D eigenvalue weighted by atomic mass is 32.2. The molecular formula is C19H22N4O2S. The minimum absolute atomic E-state index is 0.0505. The Labute approximate surface area is 153 Å². The first-order valence-electron chi connectivity index (χ1n) is 8.86. The van der Waals surface area contributed by atoms with Crippen molar-refractivity contribution in [1.82, 2.24) is 15.0 Å². The molecule has 0 saturated carbocycles. The third kappa shape index (κ3) is 2.96. The average molecular weight is 370 g/mol. The number of fused-ring (bicyclic) bond motifs is 2. The molecule has 1 aromatic carbocycles. The summed E-state index contributed by atoms with van der Waals surface area (Å²) in [6, 6.07) is 7.73. The van der Waals surface area contributed by atoms with Gasteiger partial charge in [-0.1, -0.05) is 26.0 Å². The van der Waals surface area contributed by atoms with Crippen LogP contribution in [0.3, 0.4) is 0 Å². The number of sulfone groups is 1. The van der Waals surface area contributed by atoms with Crippen LogP contribution >= 0.6 is 0 Å². The Kier molecular flexibility index (Phi) is 4.19. The van der Waals surface area contributed by atoms with Gasteiger partial charge in [0.1, 0.15) is 17.8 Å². The third-order valence-corrected chi connectivity index (χ3v) is 6.83. The molecule has 0 unspecified atom stereocenters. The molecule has 1 aliphatic heterocycles. The maximum Gasteiger partial charge on any atom is 0.178 e. The summed E-state index contributed by atoms with van der Waals surface area (Å²) in [6.45, 7) is 4.22. The van der Waals surface area contributed by atoms with Crippen LogP contribution in [0.2, 0.25) is 0 Å². The highest BCUT2D eigenvalue weighted by molar-refractivity contribution is 7.91. The van der Waals surface area contributed by atoms with Crippen molar-refractivity contribution in [2.75, 3.05) is 11.1 Å². The van der Waals surface area contributed by atoms with Crippen LogP contribution in [0.15, 0.2) is 41.7 Å². The zero-order valence-corrected chi connectivity index (χ0v) is 15.7. The quantitative estimate of drug-likeness (QED) is 0.734. The lowest BCUT2D eigenvalue weighted by molar-refractivity contribution is 0.542. The van der Waals surface area contributed by atoms with Crippen LogP contribution in [0.5, 0.6) is 0 Å². The van der Waals surface area contributed by atoms with Crippen molar-refractivity contribution in [3.63, 3.8) is 0 Å². The summed E-state index contributed by atoms with van der Waals surface area (Å²) in [6.07, 6.45) is 4.88. The summed E-state index contributed by atoms with van der Waals surface area (Å²) in [4.78, 5) is 12.2. The second-order valence-electron chi connectivity index (χ2n) is 7.12. The predicted octanol–water partition coefficient (Wildman–Crippen LogP) is 3.49. The first-order valence-corrected chi connectivity index (χ1v) is 10.5. The fourth-order valence-electron chi connectivity index (χ4n) is 3.59. The molecule has 0 bridgehead atoms. The van der Waals surface area contributed by atoms with Gasteiger partial charge in [-0.05, 0) is 42.0 Å². The molecule has 0 saturated heterocycles. The predicted molar refractivity (Wildman–Crippen MR) is 102 cm³/mol. The maximum absolute atomic E-state index is 12.5. The Balaban J connectivity index is 1.75. The summed E-state index contributed by atoms with van der Waals surface area (Å²) in [7, 11) is -3.18. The molecule has 0 radical (unpaired) electrons. The van der Waals surface area contributed by atoms with Crippen molar-refractivity contribution >= 4 is 26.7 Å². The fourth-order valence-corrected chi connectivity index (χ4v) is 5.22. The lowest BCUT2D eigenvalue weighted by atomic mass is 9.94. The van der Waals surface area contributed by atoms with Gasteiger partial charge in [0.2, 0.25) is 0 Å². The normalized spacial score (nSPS) is 17.2. The van der Waals surface area contributed by atoms with E-state index >= 15 is 0 Å². The number of aromatic nitrogens is 3. The Hall–Kier alpha value is -2.41. The van der Waals surface area contributed by atoms with E-state index in [1.807, 2.05) is 30.5 Å². The van der Waals surface area contributed by atoms with Crippen LogP contribution in [-0.4, -0.2) is 29.1 Å². The van der Waals surface area contributed by atoms with Gasteiger partial charge in [-0.2, -0.15) is 0 Å². The molecule has 3 heterocycles. The molecule has 3 aromatic rings. The number of nitrogens with zero attached hydrogens (tertiary/aromatic N) is 2. The molecule has 4 rings (SSSR count). The highest BCUT2D eigenvalue weighted by Crippen LogP contribution is 2.33. The van der Waals surface area contributed by atoms with Crippen LogP contribution < -0.4 is 5.32 Å². The van der Waals surface area contributed by atoms with Crippen molar-refractivity contribution in [2.45, 2.75) is 37.6 Å². The Morgan fingerprint density at radius 3 is 2.85 bits per heavy atom. The van der Waals surface area contributed by atoms with Crippen LogP contribution in [0.1, 0.15) is 37.4 Å². The van der Waals surface area contributed by atoms with Crippen molar-refractivity contribution < 1.29 is 8.42 Å². The van der Waals surface area contributed by atoms with Crippen LogP contribution in [0, 0.1) is 5.92 Å². The van der Waals surface area contributed by atoms with E-state index < -0.39 is 9.84 Å². The SMILES string of the molecule is CC(C)[C@@H](Nc1ncnc2[nH]ccc12)c1ccc2c(c1)S(=O)(=O)CCC2. The zero-order valence-electron chi connectivity index (χ0n) is 14.9. The number of hydrogen-bond acceptors (Lipinski definition) is 5. The summed E-state index contributed by atoms with van der Waals surface area (Å²) < 4.78 is 24.9. The van der Waals surface area contributed by atoms with Crippen LogP contribution in [0.25, 0.3) is 11.0 Å². The van der Waals surface area contributed by atoms with Gasteiger partial charge in [-0.15, -0.1) is 0 Å². The molecule has 0 fully saturated rings. The van der Waals surface area contributed by atoms with Crippen molar-refractivity contribution in [2.24, 2.45) is 5.92 Å². The Morgan fingerprint density at radius 1 is 1.19 bits per heavy atom. The summed E-state index contributed by atoms with van der Waals surface area (Å²) in [5.74, 6) is 1.23. The average Bonchev–Trinajstić information content (AvgIpc) is 3.08. The van der Waals surface area contributed by atoms with Crippen molar-refractivity contribution in [3.8, 4) is 0 Å². The highest BCUT2D eigenvalue weighted by Gasteiger charge is 2.26. The van der Waals surface area contributed by atoms with Crippen LogP contribution in [-0.2, 0) is 16.3 Å². The van der Waals surface area contributed by atoms with E-state index in [-0.39, 0.29) is 17.7 Å². The molecular weight excluding hydrogens is 348 g/mol. The number of H-pyrrole nitrogens is 1. The van der Waals surface area contributed by atoms with Gasteiger partial charge >= 0.3 is 0 Å². The molecule has 0 aliphatic carbocycles. The molecule has 0 amide bonds. The van der Waals surface area contributed by atoms with Gasteiger partial charge in [0.15, 0.2) is 9.84 Å². The Bertz CT molecular complexity index is 1060. The largest absolute Gasteiger partial charge is 0.362 e. The second kappa shape index (κ2) is 6.39. The van der Waals surface area contributed by atoms with E-state index in [2.05, 4.69) is 34.1 Å². The Morgan fingerprint density at radius 2 is 2.04 bits per heavy atom. The minimum atomic E-state index is -3.18. The van der Waals surface area contributed by atoms with Crippen LogP contribution in [0.4, 0.5) is 5.82 Å². The van der Waals surface area contributed by atoms with Gasteiger partial charge < -0.3 is 10.3 Å². The smallest absolute Gasteiger partial charge is 0.178 e. The molecule has 6 nitrogen and oxygen atoms in total. The first kappa shape index (κ1) is 17.0. The maximum atomic E-state index is 12.5. The van der Waals surface area contributed by atoms with E-state index in [0.29, 0.717) is 11.3 Å². The lowest BCUT2D eigenvalue weighted by Crippen LogP contribution is -2.20. The summed E-state index contributed by atoms with van der Waals surface area (Å²) >= 11 is 0. The van der Waals surface area contributed by atoms with E-state index in [1.54, 1.807) is 0 Å². The summed E-state index contributed by atoms with van der Waals surface area (Å²) in [5.41, 5.74) is 2.67. The second-order valence-corrected chi connectivity index (χ2v) is 9.20. The molecule has 2 aromatic heterocycles. The fraction of sp³-hybridized carbons (Fsp3) is 0.368. The minimum Gasteiger partial charge on any atom is -0.362 e. The molecule has 2 N–H and O–H groups in total. The van der Waals surface area contributed by atoms with Gasteiger partial charge in [0, 0.05) is 6.20 Å². The zero-order chi connectivity index (χ0) is 18.3. The van der Waals surface area contributed by atoms with E-state index in [4.69, 9.17) is 0 Å². The molecule has 26 heavy (non-hydrogen) atoms. The van der Waals surface area contributed by atoms with E-state index in [0.717, 1.165) is 34.4 Å². The molecule has 7 heteroatoms. The number of rotatable bonds is 4.